The first-order valence-electron chi connectivity index (χ1n) is 14.2. The van der Waals surface area contributed by atoms with Crippen LogP contribution in [-0.2, 0) is 26.2 Å². The van der Waals surface area contributed by atoms with E-state index in [0.29, 0.717) is 5.69 Å². The number of hydrogen-bond acceptors (Lipinski definition) is 4. The van der Waals surface area contributed by atoms with Crippen LogP contribution in [0.2, 0.25) is 0 Å². The number of sulfonamides is 1. The Labute approximate surface area is 245 Å². The van der Waals surface area contributed by atoms with Crippen molar-refractivity contribution in [2.24, 2.45) is 0 Å². The second kappa shape index (κ2) is 13.8. The Morgan fingerprint density at radius 1 is 0.854 bits per heavy atom. The molecule has 0 aliphatic carbocycles. The molecule has 7 nitrogen and oxygen atoms in total. The zero-order chi connectivity index (χ0) is 30.3. The highest BCUT2D eigenvalue weighted by molar-refractivity contribution is 7.92. The van der Waals surface area contributed by atoms with Crippen molar-refractivity contribution in [1.82, 2.24) is 10.2 Å². The molecule has 3 aromatic rings. The lowest BCUT2D eigenvalue weighted by atomic mass is 10.0. The van der Waals surface area contributed by atoms with E-state index in [4.69, 9.17) is 0 Å². The van der Waals surface area contributed by atoms with Crippen molar-refractivity contribution in [3.63, 3.8) is 0 Å². The molecule has 0 aliphatic rings. The van der Waals surface area contributed by atoms with E-state index >= 15 is 0 Å². The second-order valence-corrected chi connectivity index (χ2v) is 12.9. The summed E-state index contributed by atoms with van der Waals surface area (Å²) in [5.41, 5.74) is 4.24. The third-order valence-corrected chi connectivity index (χ3v) is 9.29. The molecule has 0 saturated heterocycles. The van der Waals surface area contributed by atoms with E-state index in [1.54, 1.807) is 43.3 Å². The van der Waals surface area contributed by atoms with Crippen LogP contribution in [0.1, 0.15) is 69.2 Å². The van der Waals surface area contributed by atoms with Crippen molar-refractivity contribution >= 4 is 27.5 Å². The molecule has 220 valence electrons. The van der Waals surface area contributed by atoms with Gasteiger partial charge in [-0.2, -0.15) is 0 Å². The quantitative estimate of drug-likeness (QED) is 0.288. The van der Waals surface area contributed by atoms with E-state index in [1.807, 2.05) is 64.1 Å². The zero-order valence-corrected chi connectivity index (χ0v) is 26.0. The van der Waals surface area contributed by atoms with Crippen molar-refractivity contribution < 1.29 is 18.0 Å². The molecule has 3 rings (SSSR count). The number of nitrogens with one attached hydrogen (secondary N) is 1. The van der Waals surface area contributed by atoms with E-state index < -0.39 is 28.5 Å². The molecule has 2 atom stereocenters. The first-order chi connectivity index (χ1) is 19.3. The predicted octanol–water partition coefficient (Wildman–Crippen LogP) is 5.95. The van der Waals surface area contributed by atoms with E-state index in [2.05, 4.69) is 19.2 Å². The minimum absolute atomic E-state index is 0.0572. The first kappa shape index (κ1) is 31.9. The van der Waals surface area contributed by atoms with Gasteiger partial charge >= 0.3 is 0 Å². The van der Waals surface area contributed by atoms with Crippen LogP contribution in [0.5, 0.6) is 0 Å². The van der Waals surface area contributed by atoms with Gasteiger partial charge in [-0.3, -0.25) is 13.9 Å². The molecule has 2 amide bonds. The molecule has 3 aromatic carbocycles. The molecule has 0 radical (unpaired) electrons. The van der Waals surface area contributed by atoms with Gasteiger partial charge in [-0.1, -0.05) is 74.9 Å². The summed E-state index contributed by atoms with van der Waals surface area (Å²) < 4.78 is 29.1. The second-order valence-electron chi connectivity index (χ2n) is 11.0. The number of amides is 2. The number of nitrogens with zero attached hydrogens (tertiary/aromatic N) is 2. The SMILES string of the molecule is CC[C@H](C)NC(=O)[C@H](C)N(Cc1ccccc1C)C(=O)CN(c1ccc(C(C)C)cc1)S(=O)(=O)c1ccc(C)cc1. The third kappa shape index (κ3) is 7.97. The van der Waals surface area contributed by atoms with Crippen LogP contribution in [0.15, 0.2) is 77.7 Å². The molecular weight excluding hydrogens is 534 g/mol. The Balaban J connectivity index is 2.05. The number of rotatable bonds is 12. The fourth-order valence-electron chi connectivity index (χ4n) is 4.41. The lowest BCUT2D eigenvalue weighted by Gasteiger charge is -2.33. The van der Waals surface area contributed by atoms with Crippen LogP contribution in [0.25, 0.3) is 0 Å². The highest BCUT2D eigenvalue weighted by atomic mass is 32.2. The molecule has 0 fully saturated rings. The van der Waals surface area contributed by atoms with Gasteiger partial charge in [-0.25, -0.2) is 8.42 Å². The molecule has 8 heteroatoms. The van der Waals surface area contributed by atoms with Crippen LogP contribution < -0.4 is 9.62 Å². The Morgan fingerprint density at radius 3 is 2.02 bits per heavy atom. The van der Waals surface area contributed by atoms with Gasteiger partial charge in [-0.15, -0.1) is 0 Å². The lowest BCUT2D eigenvalue weighted by Crippen LogP contribution is -2.52. The van der Waals surface area contributed by atoms with Crippen molar-refractivity contribution in [1.29, 1.82) is 0 Å². The smallest absolute Gasteiger partial charge is 0.264 e. The summed E-state index contributed by atoms with van der Waals surface area (Å²) in [4.78, 5) is 28.9. The van der Waals surface area contributed by atoms with Crippen LogP contribution in [0, 0.1) is 13.8 Å². The monoisotopic (exact) mass is 577 g/mol. The Hall–Kier alpha value is -3.65. The molecule has 41 heavy (non-hydrogen) atoms. The maximum absolute atomic E-state index is 14.1. The predicted molar refractivity (Wildman–Crippen MR) is 165 cm³/mol. The molecule has 0 unspecified atom stereocenters. The molecule has 1 N–H and O–H groups in total. The van der Waals surface area contributed by atoms with E-state index in [9.17, 15) is 18.0 Å². The maximum atomic E-state index is 14.1. The highest BCUT2D eigenvalue weighted by Gasteiger charge is 2.33. The number of carbonyl (C=O) groups is 2. The summed E-state index contributed by atoms with van der Waals surface area (Å²) in [6, 6.07) is 20.6. The standard InChI is InChI=1S/C33H43N3O4S/c1-8-26(6)34-33(38)27(7)35(21-29-12-10-9-11-25(29)5)32(37)22-36(30-17-15-28(16-18-30)23(2)3)41(39,40)31-19-13-24(4)14-20-31/h9-20,23,26-27H,8,21-22H2,1-7H3,(H,34,38)/t26-,27-/m0/s1. The van der Waals surface area contributed by atoms with Crippen molar-refractivity contribution in [2.75, 3.05) is 10.8 Å². The van der Waals surface area contributed by atoms with Crippen molar-refractivity contribution in [3.05, 3.63) is 95.1 Å². The summed E-state index contributed by atoms with van der Waals surface area (Å²) in [5.74, 6) is -0.485. The summed E-state index contributed by atoms with van der Waals surface area (Å²) in [6.07, 6.45) is 0.749. The summed E-state index contributed by atoms with van der Waals surface area (Å²) in [7, 11) is -4.10. The topological polar surface area (TPSA) is 86.8 Å². The van der Waals surface area contributed by atoms with Crippen LogP contribution in [-0.4, -0.2) is 43.8 Å². The fraction of sp³-hybridized carbons (Fsp3) is 0.394. The molecule has 0 aliphatic heterocycles. The molecular formula is C33H43N3O4S. The largest absolute Gasteiger partial charge is 0.352 e. The number of benzene rings is 3. The Bertz CT molecular complexity index is 1430. The summed E-state index contributed by atoms with van der Waals surface area (Å²) in [6.45, 7) is 13.3. The van der Waals surface area contributed by atoms with Crippen LogP contribution >= 0.6 is 0 Å². The molecule has 0 aromatic heterocycles. The van der Waals surface area contributed by atoms with Gasteiger partial charge in [0, 0.05) is 12.6 Å². The van der Waals surface area contributed by atoms with E-state index in [-0.39, 0.29) is 29.3 Å². The molecule has 0 bridgehead atoms. The first-order valence-corrected chi connectivity index (χ1v) is 15.6. The number of aryl methyl sites for hydroxylation is 2. The average molecular weight is 578 g/mol. The van der Waals surface area contributed by atoms with Gasteiger partial charge < -0.3 is 10.2 Å². The normalized spacial score (nSPS) is 13.0. The van der Waals surface area contributed by atoms with Gasteiger partial charge in [0.2, 0.25) is 11.8 Å². The minimum atomic E-state index is -4.10. The van der Waals surface area contributed by atoms with Gasteiger partial charge in [0.25, 0.3) is 10.0 Å². The summed E-state index contributed by atoms with van der Waals surface area (Å²) in [5, 5.41) is 2.96. The average Bonchev–Trinajstić information content (AvgIpc) is 2.95. The molecule has 0 saturated carbocycles. The third-order valence-electron chi connectivity index (χ3n) is 7.51. The van der Waals surface area contributed by atoms with Crippen molar-refractivity contribution in [3.8, 4) is 0 Å². The zero-order valence-electron chi connectivity index (χ0n) is 25.2. The number of hydrogen-bond donors (Lipinski definition) is 1. The van der Waals surface area contributed by atoms with Crippen LogP contribution in [0.4, 0.5) is 5.69 Å². The maximum Gasteiger partial charge on any atom is 0.264 e. The van der Waals surface area contributed by atoms with Crippen LogP contribution in [0.3, 0.4) is 0 Å². The van der Waals surface area contributed by atoms with Gasteiger partial charge in [0.1, 0.15) is 12.6 Å². The number of anilines is 1. The Kier molecular flexibility index (Phi) is 10.7. The molecule has 0 spiro atoms. The Morgan fingerprint density at radius 2 is 1.46 bits per heavy atom. The minimum Gasteiger partial charge on any atom is -0.352 e. The highest BCUT2D eigenvalue weighted by Crippen LogP contribution is 2.27. The van der Waals surface area contributed by atoms with Crippen molar-refractivity contribution in [2.45, 2.75) is 84.3 Å². The van der Waals surface area contributed by atoms with E-state index in [0.717, 1.165) is 33.0 Å². The molecule has 0 heterocycles. The van der Waals surface area contributed by atoms with Gasteiger partial charge in [0.05, 0.1) is 10.6 Å². The van der Waals surface area contributed by atoms with E-state index in [1.165, 1.54) is 4.90 Å². The van der Waals surface area contributed by atoms with Gasteiger partial charge in [0.15, 0.2) is 0 Å². The lowest BCUT2D eigenvalue weighted by molar-refractivity contribution is -0.139. The fourth-order valence-corrected chi connectivity index (χ4v) is 5.82. The van der Waals surface area contributed by atoms with Gasteiger partial charge in [-0.05, 0) is 81.0 Å². The summed E-state index contributed by atoms with van der Waals surface area (Å²) >= 11 is 0. The number of carbonyl (C=O) groups excluding carboxylic acids is 2.